The average Bonchev–Trinajstić information content (AvgIpc) is 2.41. The number of hydrogen-bond donors (Lipinski definition) is 0. The molecule has 3 nitrogen and oxygen atoms in total. The van der Waals surface area contributed by atoms with Gasteiger partial charge in [0.1, 0.15) is 11.3 Å². The fourth-order valence-corrected chi connectivity index (χ4v) is 2.36. The number of fused-ring (bicyclic) bond motifs is 1. The Morgan fingerprint density at radius 3 is 2.70 bits per heavy atom. The highest BCUT2D eigenvalue weighted by atomic mass is 35.5. The molecule has 0 unspecified atom stereocenters. The van der Waals surface area contributed by atoms with Gasteiger partial charge in [0, 0.05) is 17.5 Å². The fraction of sp³-hybridized carbons (Fsp3) is 0.438. The Kier molecular flexibility index (Phi) is 5.07. The second kappa shape index (κ2) is 6.80. The molecule has 0 bridgehead atoms. The maximum Gasteiger partial charge on any atom is 0.336 e. The molecule has 1 heterocycles. The average molecular weight is 295 g/mol. The number of unbranched alkanes of at least 4 members (excludes halogenated alkanes) is 1. The van der Waals surface area contributed by atoms with Crippen molar-refractivity contribution in [1.82, 2.24) is 0 Å². The Morgan fingerprint density at radius 1 is 1.20 bits per heavy atom. The summed E-state index contributed by atoms with van der Waals surface area (Å²) in [6, 6.07) is 5.08. The SMILES string of the molecule is CCCCOc1cc2oc(=O)cc(CCC)c2cc1Cl. The molecular weight excluding hydrogens is 276 g/mol. The lowest BCUT2D eigenvalue weighted by molar-refractivity contribution is 0.309. The maximum absolute atomic E-state index is 11.6. The Morgan fingerprint density at radius 2 is 2.00 bits per heavy atom. The van der Waals surface area contributed by atoms with E-state index in [1.807, 2.05) is 6.07 Å². The fourth-order valence-electron chi connectivity index (χ4n) is 2.14. The van der Waals surface area contributed by atoms with Gasteiger partial charge in [-0.15, -0.1) is 0 Å². The molecule has 0 saturated heterocycles. The van der Waals surface area contributed by atoms with E-state index in [9.17, 15) is 4.79 Å². The Balaban J connectivity index is 2.45. The van der Waals surface area contributed by atoms with Crippen LogP contribution in [0.1, 0.15) is 38.7 Å². The third-order valence-electron chi connectivity index (χ3n) is 3.16. The summed E-state index contributed by atoms with van der Waals surface area (Å²) in [5.41, 5.74) is 1.18. The van der Waals surface area contributed by atoms with Crippen LogP contribution in [-0.2, 0) is 6.42 Å². The van der Waals surface area contributed by atoms with E-state index < -0.39 is 0 Å². The molecule has 20 heavy (non-hydrogen) atoms. The Bertz CT molecular complexity index is 646. The summed E-state index contributed by atoms with van der Waals surface area (Å²) in [6.07, 6.45) is 3.81. The highest BCUT2D eigenvalue weighted by Crippen LogP contribution is 2.31. The van der Waals surface area contributed by atoms with Crippen molar-refractivity contribution in [3.63, 3.8) is 0 Å². The van der Waals surface area contributed by atoms with Crippen LogP contribution in [0.5, 0.6) is 5.75 Å². The molecule has 2 aromatic rings. The number of rotatable bonds is 6. The van der Waals surface area contributed by atoms with E-state index in [0.29, 0.717) is 23.0 Å². The zero-order chi connectivity index (χ0) is 14.5. The predicted molar refractivity (Wildman–Crippen MR) is 81.9 cm³/mol. The van der Waals surface area contributed by atoms with E-state index in [2.05, 4.69) is 13.8 Å². The van der Waals surface area contributed by atoms with E-state index >= 15 is 0 Å². The quantitative estimate of drug-likeness (QED) is 0.578. The van der Waals surface area contributed by atoms with Gasteiger partial charge in [0.05, 0.1) is 11.6 Å². The molecule has 1 aromatic heterocycles. The first-order valence-electron chi connectivity index (χ1n) is 7.04. The lowest BCUT2D eigenvalue weighted by atomic mass is 10.1. The van der Waals surface area contributed by atoms with Crippen molar-refractivity contribution in [2.24, 2.45) is 0 Å². The summed E-state index contributed by atoms with van der Waals surface area (Å²) in [5, 5.41) is 1.44. The summed E-state index contributed by atoms with van der Waals surface area (Å²) >= 11 is 6.25. The Labute approximate surface area is 123 Å². The van der Waals surface area contributed by atoms with Gasteiger partial charge in [0.2, 0.25) is 0 Å². The lowest BCUT2D eigenvalue weighted by Crippen LogP contribution is -2.02. The normalized spacial score (nSPS) is 10.9. The first-order valence-corrected chi connectivity index (χ1v) is 7.42. The number of benzene rings is 1. The summed E-state index contributed by atoms with van der Waals surface area (Å²) in [4.78, 5) is 11.6. The van der Waals surface area contributed by atoms with Gasteiger partial charge in [-0.1, -0.05) is 38.3 Å². The van der Waals surface area contributed by atoms with Crippen molar-refractivity contribution in [2.75, 3.05) is 6.61 Å². The minimum atomic E-state index is -0.331. The van der Waals surface area contributed by atoms with Crippen molar-refractivity contribution in [1.29, 1.82) is 0 Å². The molecule has 0 amide bonds. The highest BCUT2D eigenvalue weighted by molar-refractivity contribution is 6.32. The van der Waals surface area contributed by atoms with Crippen molar-refractivity contribution < 1.29 is 9.15 Å². The largest absolute Gasteiger partial charge is 0.492 e. The van der Waals surface area contributed by atoms with E-state index in [0.717, 1.165) is 36.6 Å². The van der Waals surface area contributed by atoms with Crippen molar-refractivity contribution >= 4 is 22.6 Å². The molecular formula is C16H19ClO3. The van der Waals surface area contributed by atoms with Crippen molar-refractivity contribution in [2.45, 2.75) is 39.5 Å². The molecule has 4 heteroatoms. The molecule has 0 radical (unpaired) electrons. The molecule has 0 saturated carbocycles. The van der Waals surface area contributed by atoms with Crippen LogP contribution in [0.15, 0.2) is 27.4 Å². The van der Waals surface area contributed by atoms with Crippen LogP contribution in [0.2, 0.25) is 5.02 Å². The standard InChI is InChI=1S/C16H19ClO3/c1-3-5-7-19-15-10-14-12(9-13(15)17)11(6-4-2)8-16(18)20-14/h8-10H,3-7H2,1-2H3. The van der Waals surface area contributed by atoms with Gasteiger partial charge >= 0.3 is 5.63 Å². The van der Waals surface area contributed by atoms with Gasteiger partial charge in [-0.05, 0) is 24.5 Å². The van der Waals surface area contributed by atoms with Gasteiger partial charge < -0.3 is 9.15 Å². The van der Waals surface area contributed by atoms with Crippen LogP contribution in [0.25, 0.3) is 11.0 Å². The van der Waals surface area contributed by atoms with Crippen molar-refractivity contribution in [3.8, 4) is 5.75 Å². The van der Waals surface area contributed by atoms with Crippen LogP contribution in [-0.4, -0.2) is 6.61 Å². The number of ether oxygens (including phenoxy) is 1. The molecule has 0 spiro atoms. The monoisotopic (exact) mass is 294 g/mol. The zero-order valence-corrected chi connectivity index (χ0v) is 12.6. The molecule has 0 fully saturated rings. The van der Waals surface area contributed by atoms with E-state index in [-0.39, 0.29) is 5.63 Å². The topological polar surface area (TPSA) is 39.4 Å². The van der Waals surface area contributed by atoms with E-state index in [1.165, 1.54) is 0 Å². The molecule has 2 rings (SSSR count). The number of hydrogen-bond acceptors (Lipinski definition) is 3. The van der Waals surface area contributed by atoms with Crippen LogP contribution >= 0.6 is 11.6 Å². The van der Waals surface area contributed by atoms with Gasteiger partial charge in [0.25, 0.3) is 0 Å². The third-order valence-corrected chi connectivity index (χ3v) is 3.45. The lowest BCUT2D eigenvalue weighted by Gasteiger charge is -2.10. The van der Waals surface area contributed by atoms with Gasteiger partial charge in [-0.3, -0.25) is 0 Å². The zero-order valence-electron chi connectivity index (χ0n) is 11.9. The predicted octanol–water partition coefficient (Wildman–Crippen LogP) is 4.58. The second-order valence-electron chi connectivity index (χ2n) is 4.82. The maximum atomic E-state index is 11.6. The van der Waals surface area contributed by atoms with Crippen LogP contribution in [0, 0.1) is 0 Å². The third kappa shape index (κ3) is 3.34. The molecule has 1 aromatic carbocycles. The van der Waals surface area contributed by atoms with E-state index in [4.69, 9.17) is 20.8 Å². The second-order valence-corrected chi connectivity index (χ2v) is 5.23. The Hall–Kier alpha value is -1.48. The van der Waals surface area contributed by atoms with Crippen LogP contribution in [0.3, 0.4) is 0 Å². The molecule has 0 aliphatic rings. The highest BCUT2D eigenvalue weighted by Gasteiger charge is 2.10. The molecule has 0 aliphatic carbocycles. The first-order chi connectivity index (χ1) is 9.65. The van der Waals surface area contributed by atoms with Crippen LogP contribution < -0.4 is 10.4 Å². The van der Waals surface area contributed by atoms with Crippen molar-refractivity contribution in [3.05, 3.63) is 39.2 Å². The minimum absolute atomic E-state index is 0.331. The molecule has 0 N–H and O–H groups in total. The minimum Gasteiger partial charge on any atom is -0.492 e. The summed E-state index contributed by atoms with van der Waals surface area (Å²) < 4.78 is 10.9. The summed E-state index contributed by atoms with van der Waals surface area (Å²) in [6.45, 7) is 4.78. The van der Waals surface area contributed by atoms with Gasteiger partial charge in [0.15, 0.2) is 0 Å². The summed E-state index contributed by atoms with van der Waals surface area (Å²) in [7, 11) is 0. The summed E-state index contributed by atoms with van der Waals surface area (Å²) in [5.74, 6) is 0.574. The first kappa shape index (κ1) is 14.9. The van der Waals surface area contributed by atoms with Gasteiger partial charge in [-0.25, -0.2) is 4.79 Å². The number of aryl methyl sites for hydroxylation is 1. The molecule has 0 atom stereocenters. The van der Waals surface area contributed by atoms with Crippen LogP contribution in [0.4, 0.5) is 0 Å². The molecule has 0 aliphatic heterocycles. The smallest absolute Gasteiger partial charge is 0.336 e. The molecule has 108 valence electrons. The number of halogens is 1. The van der Waals surface area contributed by atoms with E-state index in [1.54, 1.807) is 12.1 Å². The van der Waals surface area contributed by atoms with Gasteiger partial charge in [-0.2, -0.15) is 0 Å².